The van der Waals surface area contributed by atoms with Crippen molar-refractivity contribution < 1.29 is 14.3 Å². The summed E-state index contributed by atoms with van der Waals surface area (Å²) in [5.41, 5.74) is 1.83. The van der Waals surface area contributed by atoms with Crippen LogP contribution in [0, 0.1) is 5.92 Å². The molecule has 0 unspecified atom stereocenters. The molecule has 1 amide bonds. The van der Waals surface area contributed by atoms with Gasteiger partial charge in [0.1, 0.15) is 17.8 Å². The van der Waals surface area contributed by atoms with Crippen LogP contribution >= 0.6 is 0 Å². The number of amides is 1. The van der Waals surface area contributed by atoms with E-state index < -0.39 is 0 Å². The summed E-state index contributed by atoms with van der Waals surface area (Å²) in [7, 11) is 0. The molecule has 5 atom stereocenters. The standard InChI is InChI=1S/C21H21NO3/c1-20-16-17(15-11-7-4-8-12-15)22(18(16)21(20,2)25-20)19(23)24-13-14-9-5-3-6-10-14/h3-12,16-18H,13H2,1-2H3/t16-,17+,18+,20+,21-/m1/s1. The summed E-state index contributed by atoms with van der Waals surface area (Å²) in [4.78, 5) is 14.7. The molecule has 0 N–H and O–H groups in total. The number of carbonyl (C=O) groups is 1. The van der Waals surface area contributed by atoms with E-state index in [9.17, 15) is 4.79 Å². The van der Waals surface area contributed by atoms with Crippen LogP contribution in [0.5, 0.6) is 0 Å². The first kappa shape index (κ1) is 15.0. The van der Waals surface area contributed by atoms with Crippen LogP contribution in [0.2, 0.25) is 0 Å². The number of rotatable bonds is 3. The van der Waals surface area contributed by atoms with Crippen LogP contribution in [0.3, 0.4) is 0 Å². The molecule has 5 rings (SSSR count). The number of hydrogen-bond donors (Lipinski definition) is 0. The zero-order chi connectivity index (χ0) is 17.2. The van der Waals surface area contributed by atoms with Crippen LogP contribution in [-0.2, 0) is 16.1 Å². The SMILES string of the molecule is C[C@@]12O[C@]1(C)[C@@H]1[C@H]2[C@H](c2ccccc2)N1C(=O)OCc1ccccc1. The first-order chi connectivity index (χ1) is 12.1. The number of benzene rings is 2. The second-order valence-corrected chi connectivity index (χ2v) is 7.59. The molecule has 4 heteroatoms. The lowest BCUT2D eigenvalue weighted by Crippen LogP contribution is -2.77. The Labute approximate surface area is 147 Å². The van der Waals surface area contributed by atoms with E-state index in [-0.39, 0.29) is 29.4 Å². The number of epoxide rings is 1. The Balaban J connectivity index is 1.38. The summed E-state index contributed by atoms with van der Waals surface area (Å²) < 4.78 is 11.6. The average Bonchev–Trinajstić information content (AvgIpc) is 3.08. The summed E-state index contributed by atoms with van der Waals surface area (Å²) >= 11 is 0. The van der Waals surface area contributed by atoms with Gasteiger partial charge in [-0.25, -0.2) is 4.79 Å². The minimum Gasteiger partial charge on any atom is -0.445 e. The maximum atomic E-state index is 12.8. The van der Waals surface area contributed by atoms with E-state index >= 15 is 0 Å². The van der Waals surface area contributed by atoms with Crippen molar-refractivity contribution in [3.63, 3.8) is 0 Å². The Morgan fingerprint density at radius 1 is 1.04 bits per heavy atom. The molecule has 0 radical (unpaired) electrons. The van der Waals surface area contributed by atoms with Gasteiger partial charge >= 0.3 is 6.09 Å². The third-order valence-electron chi connectivity index (χ3n) is 6.41. The van der Waals surface area contributed by atoms with Gasteiger partial charge in [-0.15, -0.1) is 0 Å². The van der Waals surface area contributed by atoms with Crippen molar-refractivity contribution in [3.8, 4) is 0 Å². The molecule has 2 aliphatic heterocycles. The second kappa shape index (κ2) is 4.85. The maximum absolute atomic E-state index is 12.8. The molecule has 0 aromatic heterocycles. The van der Waals surface area contributed by atoms with Crippen molar-refractivity contribution in [1.29, 1.82) is 0 Å². The minimum absolute atomic E-state index is 0.0371. The largest absolute Gasteiger partial charge is 0.445 e. The zero-order valence-electron chi connectivity index (χ0n) is 14.4. The summed E-state index contributed by atoms with van der Waals surface area (Å²) in [5.74, 6) is 0.351. The number of hydrogen-bond acceptors (Lipinski definition) is 3. The van der Waals surface area contributed by atoms with Crippen LogP contribution in [-0.4, -0.2) is 28.2 Å². The molecule has 2 aromatic rings. The van der Waals surface area contributed by atoms with Gasteiger partial charge in [0.05, 0.1) is 12.1 Å². The summed E-state index contributed by atoms with van der Waals surface area (Å²) in [6, 6.07) is 20.1. The zero-order valence-corrected chi connectivity index (χ0v) is 14.4. The van der Waals surface area contributed by atoms with E-state index in [1.54, 1.807) is 0 Å². The van der Waals surface area contributed by atoms with Gasteiger partial charge < -0.3 is 9.47 Å². The normalized spacial score (nSPS) is 37.2. The van der Waals surface area contributed by atoms with Crippen LogP contribution in [0.25, 0.3) is 0 Å². The number of ether oxygens (including phenoxy) is 2. The van der Waals surface area contributed by atoms with Gasteiger partial charge in [-0.2, -0.15) is 0 Å². The molecule has 3 fully saturated rings. The maximum Gasteiger partial charge on any atom is 0.410 e. The van der Waals surface area contributed by atoms with Crippen molar-refractivity contribution in [2.75, 3.05) is 0 Å². The highest BCUT2D eigenvalue weighted by Gasteiger charge is 2.91. The van der Waals surface area contributed by atoms with Gasteiger partial charge in [0.15, 0.2) is 0 Å². The lowest BCUT2D eigenvalue weighted by molar-refractivity contribution is -0.129. The topological polar surface area (TPSA) is 42.1 Å². The Bertz CT molecular complexity index is 824. The van der Waals surface area contributed by atoms with E-state index in [2.05, 4.69) is 26.0 Å². The summed E-state index contributed by atoms with van der Waals surface area (Å²) in [5, 5.41) is 0. The fourth-order valence-electron chi connectivity index (χ4n) is 4.91. The van der Waals surface area contributed by atoms with Crippen LogP contribution in [0.1, 0.15) is 31.0 Å². The van der Waals surface area contributed by atoms with E-state index in [0.29, 0.717) is 12.5 Å². The van der Waals surface area contributed by atoms with Crippen molar-refractivity contribution in [3.05, 3.63) is 71.8 Å². The molecule has 2 aromatic carbocycles. The molecule has 1 saturated carbocycles. The van der Waals surface area contributed by atoms with Crippen LogP contribution in [0.15, 0.2) is 60.7 Å². The Morgan fingerprint density at radius 3 is 2.36 bits per heavy atom. The smallest absolute Gasteiger partial charge is 0.410 e. The van der Waals surface area contributed by atoms with Crippen molar-refractivity contribution >= 4 is 6.09 Å². The van der Waals surface area contributed by atoms with Gasteiger partial charge in [0.25, 0.3) is 0 Å². The Hall–Kier alpha value is -2.33. The molecule has 25 heavy (non-hydrogen) atoms. The predicted molar refractivity (Wildman–Crippen MR) is 92.8 cm³/mol. The Morgan fingerprint density at radius 2 is 1.68 bits per heavy atom. The van der Waals surface area contributed by atoms with E-state index in [4.69, 9.17) is 9.47 Å². The molecule has 4 nitrogen and oxygen atoms in total. The fraction of sp³-hybridized carbons (Fsp3) is 0.381. The molecule has 2 saturated heterocycles. The molecule has 2 heterocycles. The fourth-order valence-corrected chi connectivity index (χ4v) is 4.91. The monoisotopic (exact) mass is 335 g/mol. The van der Waals surface area contributed by atoms with Crippen LogP contribution in [0.4, 0.5) is 4.79 Å². The third kappa shape index (κ3) is 1.83. The van der Waals surface area contributed by atoms with E-state index in [0.717, 1.165) is 11.1 Å². The average molecular weight is 335 g/mol. The summed E-state index contributed by atoms with van der Waals surface area (Å²) in [6.07, 6.45) is -0.252. The van der Waals surface area contributed by atoms with Gasteiger partial charge in [-0.1, -0.05) is 60.7 Å². The lowest BCUT2D eigenvalue weighted by atomic mass is 9.52. The van der Waals surface area contributed by atoms with Crippen molar-refractivity contribution in [1.82, 2.24) is 4.90 Å². The van der Waals surface area contributed by atoms with Gasteiger partial charge in [-0.05, 0) is 25.0 Å². The molecule has 0 spiro atoms. The quantitative estimate of drug-likeness (QED) is 0.798. The molecule has 1 aliphatic carbocycles. The molecule has 3 aliphatic rings. The second-order valence-electron chi connectivity index (χ2n) is 7.59. The molecular weight excluding hydrogens is 314 g/mol. The predicted octanol–water partition coefficient (Wildman–Crippen LogP) is 3.93. The van der Waals surface area contributed by atoms with E-state index in [1.807, 2.05) is 53.4 Å². The first-order valence-corrected chi connectivity index (χ1v) is 8.80. The number of likely N-dealkylation sites (tertiary alicyclic amines) is 1. The molecular formula is C21H21NO3. The van der Waals surface area contributed by atoms with Gasteiger partial charge in [0.2, 0.25) is 0 Å². The van der Waals surface area contributed by atoms with Crippen molar-refractivity contribution in [2.24, 2.45) is 5.92 Å². The number of piperidine rings is 1. The number of nitrogens with zero attached hydrogens (tertiary/aromatic N) is 1. The van der Waals surface area contributed by atoms with Crippen LogP contribution < -0.4 is 0 Å². The minimum atomic E-state index is -0.252. The van der Waals surface area contributed by atoms with Gasteiger partial charge in [-0.3, -0.25) is 4.90 Å². The lowest BCUT2D eigenvalue weighted by Gasteiger charge is -2.63. The first-order valence-electron chi connectivity index (χ1n) is 8.80. The summed E-state index contributed by atoms with van der Waals surface area (Å²) in [6.45, 7) is 4.56. The van der Waals surface area contributed by atoms with Gasteiger partial charge in [0, 0.05) is 5.92 Å². The molecule has 128 valence electrons. The molecule has 0 bridgehead atoms. The highest BCUT2D eigenvalue weighted by atomic mass is 16.6. The highest BCUT2D eigenvalue weighted by molar-refractivity contribution is 5.73. The third-order valence-corrected chi connectivity index (χ3v) is 6.41. The van der Waals surface area contributed by atoms with E-state index in [1.165, 1.54) is 0 Å². The Kier molecular flexibility index (Phi) is 2.91. The number of carbonyl (C=O) groups excluding carboxylic acids is 1. The highest BCUT2D eigenvalue weighted by Crippen LogP contribution is 2.77. The van der Waals surface area contributed by atoms with Crippen molar-refractivity contribution in [2.45, 2.75) is 43.7 Å². The number of fused-ring (bicyclic) bond motifs is 4.